The van der Waals surface area contributed by atoms with Crippen LogP contribution in [-0.4, -0.2) is 28.2 Å². The second-order valence-electron chi connectivity index (χ2n) is 5.44. The molecule has 0 aromatic carbocycles. The van der Waals surface area contributed by atoms with Gasteiger partial charge in [0.2, 0.25) is 0 Å². The minimum atomic E-state index is 0.200. The maximum Gasteiger partial charge on any atom is 0.133 e. The number of anilines is 1. The molecule has 0 radical (unpaired) electrons. The first kappa shape index (κ1) is 14.9. The van der Waals surface area contributed by atoms with E-state index in [2.05, 4.69) is 43.0 Å². The van der Waals surface area contributed by atoms with Gasteiger partial charge < -0.3 is 10.4 Å². The summed E-state index contributed by atoms with van der Waals surface area (Å²) in [4.78, 5) is 8.70. The van der Waals surface area contributed by atoms with Gasteiger partial charge in [-0.15, -0.1) is 0 Å². The Morgan fingerprint density at radius 2 is 1.94 bits per heavy atom. The molecule has 0 spiro atoms. The van der Waals surface area contributed by atoms with Crippen molar-refractivity contribution in [3.05, 3.63) is 17.6 Å². The van der Waals surface area contributed by atoms with Crippen molar-refractivity contribution in [1.29, 1.82) is 0 Å². The van der Waals surface area contributed by atoms with Gasteiger partial charge in [0, 0.05) is 30.8 Å². The molecule has 0 aliphatic carbocycles. The third-order valence-corrected chi connectivity index (χ3v) is 3.27. The second-order valence-corrected chi connectivity index (χ2v) is 5.44. The molecule has 0 bridgehead atoms. The molecule has 1 atom stereocenters. The Balaban J connectivity index is 2.79. The van der Waals surface area contributed by atoms with Crippen LogP contribution in [0.5, 0.6) is 0 Å². The van der Waals surface area contributed by atoms with Gasteiger partial charge in [-0.25, -0.2) is 9.97 Å². The topological polar surface area (TPSA) is 58.0 Å². The van der Waals surface area contributed by atoms with Crippen molar-refractivity contribution in [3.8, 4) is 0 Å². The van der Waals surface area contributed by atoms with Crippen LogP contribution >= 0.6 is 0 Å². The normalized spacial score (nSPS) is 13.1. The Bertz CT molecular complexity index is 377. The number of nitrogens with one attached hydrogen (secondary N) is 1. The summed E-state index contributed by atoms with van der Waals surface area (Å²) in [6, 6.07) is 0. The van der Waals surface area contributed by atoms with Gasteiger partial charge in [-0.3, -0.25) is 0 Å². The second kappa shape index (κ2) is 6.69. The van der Waals surface area contributed by atoms with Crippen LogP contribution in [0.1, 0.15) is 45.0 Å². The van der Waals surface area contributed by atoms with E-state index < -0.39 is 0 Å². The molecular weight excluding hydrogens is 226 g/mol. The standard InChI is InChI=1S/C14H25N3O/c1-9(2)12(8-18)6-16-14-13(10(3)4)7-15-11(5)17-14/h7,9-10,12,18H,6,8H2,1-5H3,(H,15,16,17). The molecule has 1 rings (SSSR count). The fraction of sp³-hybridized carbons (Fsp3) is 0.714. The number of hydrogen-bond acceptors (Lipinski definition) is 4. The minimum Gasteiger partial charge on any atom is -0.396 e. The highest BCUT2D eigenvalue weighted by Crippen LogP contribution is 2.22. The first-order chi connectivity index (χ1) is 8.45. The Morgan fingerprint density at radius 1 is 1.28 bits per heavy atom. The molecule has 0 aliphatic rings. The van der Waals surface area contributed by atoms with Crippen LogP contribution in [-0.2, 0) is 0 Å². The summed E-state index contributed by atoms with van der Waals surface area (Å²) in [6.45, 7) is 11.3. The number of aromatic nitrogens is 2. The first-order valence-electron chi connectivity index (χ1n) is 6.64. The highest BCUT2D eigenvalue weighted by molar-refractivity contribution is 5.44. The van der Waals surface area contributed by atoms with E-state index in [1.54, 1.807) is 0 Å². The van der Waals surface area contributed by atoms with Gasteiger partial charge in [-0.2, -0.15) is 0 Å². The zero-order valence-electron chi connectivity index (χ0n) is 12.1. The molecule has 4 nitrogen and oxygen atoms in total. The lowest BCUT2D eigenvalue weighted by Gasteiger charge is -2.20. The molecule has 0 saturated heterocycles. The van der Waals surface area contributed by atoms with E-state index in [1.807, 2.05) is 13.1 Å². The van der Waals surface area contributed by atoms with Crippen LogP contribution in [0.4, 0.5) is 5.82 Å². The van der Waals surface area contributed by atoms with E-state index in [-0.39, 0.29) is 12.5 Å². The highest BCUT2D eigenvalue weighted by atomic mass is 16.3. The van der Waals surface area contributed by atoms with Gasteiger partial charge in [0.25, 0.3) is 0 Å². The van der Waals surface area contributed by atoms with Crippen LogP contribution in [0.3, 0.4) is 0 Å². The van der Waals surface area contributed by atoms with Gasteiger partial charge in [0.15, 0.2) is 0 Å². The average Bonchev–Trinajstić information content (AvgIpc) is 2.29. The van der Waals surface area contributed by atoms with E-state index in [9.17, 15) is 5.11 Å². The predicted octanol–water partition coefficient (Wildman–Crippen LogP) is 2.58. The third kappa shape index (κ3) is 3.95. The molecule has 1 aromatic rings. The fourth-order valence-corrected chi connectivity index (χ4v) is 1.78. The summed E-state index contributed by atoms with van der Waals surface area (Å²) >= 11 is 0. The molecule has 1 aromatic heterocycles. The van der Waals surface area contributed by atoms with Crippen LogP contribution < -0.4 is 5.32 Å². The minimum absolute atomic E-state index is 0.200. The molecule has 4 heteroatoms. The lowest BCUT2D eigenvalue weighted by atomic mass is 9.96. The number of aryl methyl sites for hydroxylation is 1. The molecule has 0 fully saturated rings. The molecule has 1 unspecified atom stereocenters. The molecule has 18 heavy (non-hydrogen) atoms. The quantitative estimate of drug-likeness (QED) is 0.816. The van der Waals surface area contributed by atoms with E-state index in [0.717, 1.165) is 23.8 Å². The molecule has 2 N–H and O–H groups in total. The molecule has 102 valence electrons. The summed E-state index contributed by atoms with van der Waals surface area (Å²) < 4.78 is 0. The van der Waals surface area contributed by atoms with E-state index in [4.69, 9.17) is 0 Å². The molecule has 0 aliphatic heterocycles. The smallest absolute Gasteiger partial charge is 0.133 e. The highest BCUT2D eigenvalue weighted by Gasteiger charge is 2.14. The van der Waals surface area contributed by atoms with Crippen molar-refractivity contribution in [2.24, 2.45) is 11.8 Å². The van der Waals surface area contributed by atoms with Crippen LogP contribution in [0.2, 0.25) is 0 Å². The predicted molar refractivity (Wildman–Crippen MR) is 74.8 cm³/mol. The molecule has 0 amide bonds. The number of aliphatic hydroxyl groups is 1. The summed E-state index contributed by atoms with van der Waals surface area (Å²) in [6.07, 6.45) is 1.89. The zero-order valence-corrected chi connectivity index (χ0v) is 12.1. The van der Waals surface area contributed by atoms with E-state index in [0.29, 0.717) is 11.8 Å². The number of rotatable bonds is 6. The monoisotopic (exact) mass is 251 g/mol. The van der Waals surface area contributed by atoms with Crippen molar-refractivity contribution in [2.45, 2.75) is 40.5 Å². The Hall–Kier alpha value is -1.16. The van der Waals surface area contributed by atoms with Crippen molar-refractivity contribution < 1.29 is 5.11 Å². The van der Waals surface area contributed by atoms with Crippen molar-refractivity contribution in [1.82, 2.24) is 9.97 Å². The van der Waals surface area contributed by atoms with Gasteiger partial charge in [-0.05, 0) is 18.8 Å². The number of aliphatic hydroxyl groups excluding tert-OH is 1. The van der Waals surface area contributed by atoms with Crippen molar-refractivity contribution >= 4 is 5.82 Å². The average molecular weight is 251 g/mol. The summed E-state index contributed by atoms with van der Waals surface area (Å²) in [5.74, 6) is 2.76. The summed E-state index contributed by atoms with van der Waals surface area (Å²) in [7, 11) is 0. The Morgan fingerprint density at radius 3 is 2.44 bits per heavy atom. The van der Waals surface area contributed by atoms with Crippen LogP contribution in [0, 0.1) is 18.8 Å². The maximum atomic E-state index is 9.33. The Kier molecular flexibility index (Phi) is 5.54. The van der Waals surface area contributed by atoms with Crippen molar-refractivity contribution in [3.63, 3.8) is 0 Å². The van der Waals surface area contributed by atoms with Crippen molar-refractivity contribution in [2.75, 3.05) is 18.5 Å². The summed E-state index contributed by atoms with van der Waals surface area (Å²) in [5, 5.41) is 12.7. The lowest BCUT2D eigenvalue weighted by molar-refractivity contribution is 0.198. The molecule has 1 heterocycles. The maximum absolute atomic E-state index is 9.33. The molecular formula is C14H25N3O. The molecule has 0 saturated carbocycles. The number of hydrogen-bond donors (Lipinski definition) is 2. The van der Waals surface area contributed by atoms with Crippen LogP contribution in [0.15, 0.2) is 6.20 Å². The SMILES string of the molecule is Cc1ncc(C(C)C)c(NCC(CO)C(C)C)n1. The van der Waals surface area contributed by atoms with E-state index >= 15 is 0 Å². The van der Waals surface area contributed by atoms with Gasteiger partial charge in [0.05, 0.1) is 0 Å². The Labute approximate surface area is 110 Å². The zero-order chi connectivity index (χ0) is 13.7. The van der Waals surface area contributed by atoms with Gasteiger partial charge >= 0.3 is 0 Å². The fourth-order valence-electron chi connectivity index (χ4n) is 1.78. The van der Waals surface area contributed by atoms with Gasteiger partial charge in [0.1, 0.15) is 11.6 Å². The summed E-state index contributed by atoms with van der Waals surface area (Å²) in [5.41, 5.74) is 1.13. The number of nitrogens with zero attached hydrogens (tertiary/aromatic N) is 2. The lowest BCUT2D eigenvalue weighted by Crippen LogP contribution is -2.24. The first-order valence-corrected chi connectivity index (χ1v) is 6.64. The third-order valence-electron chi connectivity index (χ3n) is 3.27. The largest absolute Gasteiger partial charge is 0.396 e. The van der Waals surface area contributed by atoms with Crippen LogP contribution in [0.25, 0.3) is 0 Å². The van der Waals surface area contributed by atoms with E-state index in [1.165, 1.54) is 0 Å². The van der Waals surface area contributed by atoms with Gasteiger partial charge in [-0.1, -0.05) is 27.7 Å².